The normalized spacial score (nSPS) is 10.8. The number of nitrogens with two attached hydrogens (primary N) is 1. The number of hydrogen-bond acceptors (Lipinski definition) is 8. The minimum absolute atomic E-state index is 0.0584. The second kappa shape index (κ2) is 11.7. The fourth-order valence-corrected chi connectivity index (χ4v) is 3.25. The van der Waals surface area contributed by atoms with Crippen LogP contribution in [-0.4, -0.2) is 35.9 Å². The van der Waals surface area contributed by atoms with Gasteiger partial charge in [0.2, 0.25) is 11.5 Å². The predicted octanol–water partition coefficient (Wildman–Crippen LogP) is 3.60. The van der Waals surface area contributed by atoms with E-state index < -0.39 is 11.7 Å². The molecule has 0 saturated heterocycles. The van der Waals surface area contributed by atoms with Crippen molar-refractivity contribution in [3.63, 3.8) is 0 Å². The number of ether oxygens (including phenoxy) is 2. The maximum atomic E-state index is 13.2. The van der Waals surface area contributed by atoms with E-state index in [-0.39, 0.29) is 23.1 Å². The Kier molecular flexibility index (Phi) is 8.70. The first-order valence-corrected chi connectivity index (χ1v) is 10.7. The van der Waals surface area contributed by atoms with Gasteiger partial charge in [0.05, 0.1) is 11.6 Å². The Hall–Kier alpha value is -3.08. The number of hydrogen-bond donors (Lipinski definition) is 3. The zero-order valence-corrected chi connectivity index (χ0v) is 19.2. The summed E-state index contributed by atoms with van der Waals surface area (Å²) >= 11 is 12.5. The molecule has 0 fully saturated rings. The number of carbonyl (C=O) groups is 1. The third kappa shape index (κ3) is 6.70. The molecular weight excluding hydrogens is 476 g/mol. The zero-order valence-electron chi connectivity index (χ0n) is 17.7. The number of aromatic nitrogens is 2. The van der Waals surface area contributed by atoms with Crippen LogP contribution in [0.2, 0.25) is 10.0 Å². The van der Waals surface area contributed by atoms with Crippen molar-refractivity contribution in [3.8, 4) is 11.5 Å². The fraction of sp³-hybridized carbons (Fsp3) is 0.286. The number of amides is 1. The third-order valence-corrected chi connectivity index (χ3v) is 5.15. The fourth-order valence-electron chi connectivity index (χ4n) is 2.81. The minimum atomic E-state index is -0.477. The average molecular weight is 498 g/mol. The van der Waals surface area contributed by atoms with E-state index in [0.29, 0.717) is 48.3 Å². The van der Waals surface area contributed by atoms with Crippen molar-refractivity contribution in [1.29, 1.82) is 0 Å². The molecule has 33 heavy (non-hydrogen) atoms. The maximum Gasteiger partial charge on any atom is 0.277 e. The van der Waals surface area contributed by atoms with Gasteiger partial charge in [-0.25, -0.2) is 9.02 Å². The lowest BCUT2D eigenvalue weighted by Gasteiger charge is -2.16. The molecule has 1 aromatic heterocycles. The molecule has 176 valence electrons. The minimum Gasteiger partial charge on any atom is -0.490 e. The second-order valence-corrected chi connectivity index (χ2v) is 7.59. The SMILES string of the molecule is CCOc1cc(CNCCNC(=O)c2nonc2N)c(Cl)cc1OCc1ccc(F)cc1Cl. The molecule has 0 aliphatic heterocycles. The summed E-state index contributed by atoms with van der Waals surface area (Å²) in [5, 5.41) is 13.4. The molecule has 0 aliphatic rings. The molecule has 3 aromatic rings. The molecule has 0 bridgehead atoms. The van der Waals surface area contributed by atoms with E-state index >= 15 is 0 Å². The molecule has 0 aliphatic carbocycles. The van der Waals surface area contributed by atoms with Crippen LogP contribution in [0.3, 0.4) is 0 Å². The van der Waals surface area contributed by atoms with E-state index in [9.17, 15) is 9.18 Å². The molecule has 0 atom stereocenters. The summed E-state index contributed by atoms with van der Waals surface area (Å²) in [5.41, 5.74) is 6.84. The lowest BCUT2D eigenvalue weighted by atomic mass is 10.2. The first-order valence-electron chi connectivity index (χ1n) is 9.98. The molecule has 0 spiro atoms. The van der Waals surface area contributed by atoms with Gasteiger partial charge in [-0.15, -0.1) is 0 Å². The summed E-state index contributed by atoms with van der Waals surface area (Å²) in [4.78, 5) is 11.9. The van der Waals surface area contributed by atoms with Gasteiger partial charge >= 0.3 is 0 Å². The predicted molar refractivity (Wildman–Crippen MR) is 121 cm³/mol. The number of benzene rings is 2. The van der Waals surface area contributed by atoms with Gasteiger partial charge in [-0.05, 0) is 41.0 Å². The van der Waals surface area contributed by atoms with Crippen molar-refractivity contribution in [2.45, 2.75) is 20.1 Å². The molecule has 2 aromatic carbocycles. The van der Waals surface area contributed by atoms with Crippen LogP contribution in [0.15, 0.2) is 35.0 Å². The van der Waals surface area contributed by atoms with E-state index in [4.69, 9.17) is 38.4 Å². The van der Waals surface area contributed by atoms with Crippen LogP contribution in [0.4, 0.5) is 10.2 Å². The van der Waals surface area contributed by atoms with Gasteiger partial charge in [0, 0.05) is 36.3 Å². The molecule has 4 N–H and O–H groups in total. The Balaban J connectivity index is 1.56. The number of nitrogens with zero attached hydrogens (tertiary/aromatic N) is 2. The van der Waals surface area contributed by atoms with Gasteiger partial charge in [-0.1, -0.05) is 29.3 Å². The lowest BCUT2D eigenvalue weighted by Crippen LogP contribution is -2.32. The molecule has 9 nitrogen and oxygen atoms in total. The summed E-state index contributed by atoms with van der Waals surface area (Å²) in [6.45, 7) is 3.60. The largest absolute Gasteiger partial charge is 0.490 e. The van der Waals surface area contributed by atoms with Crippen LogP contribution in [0.25, 0.3) is 0 Å². The monoisotopic (exact) mass is 497 g/mol. The highest BCUT2D eigenvalue weighted by Gasteiger charge is 2.15. The molecule has 3 rings (SSSR count). The summed E-state index contributed by atoms with van der Waals surface area (Å²) < 4.78 is 29.2. The van der Waals surface area contributed by atoms with Gasteiger partial charge < -0.3 is 25.8 Å². The molecule has 1 heterocycles. The summed E-state index contributed by atoms with van der Waals surface area (Å²) in [7, 11) is 0. The highest BCUT2D eigenvalue weighted by atomic mass is 35.5. The van der Waals surface area contributed by atoms with Crippen molar-refractivity contribution >= 4 is 34.9 Å². The van der Waals surface area contributed by atoms with Crippen LogP contribution >= 0.6 is 23.2 Å². The van der Waals surface area contributed by atoms with E-state index in [1.54, 1.807) is 18.2 Å². The smallest absolute Gasteiger partial charge is 0.277 e. The Morgan fingerprint density at radius 3 is 2.55 bits per heavy atom. The van der Waals surface area contributed by atoms with Crippen LogP contribution in [-0.2, 0) is 13.2 Å². The Morgan fingerprint density at radius 1 is 1.09 bits per heavy atom. The Labute approximate surface area is 199 Å². The number of nitrogens with one attached hydrogen (secondary N) is 2. The maximum absolute atomic E-state index is 13.2. The zero-order chi connectivity index (χ0) is 23.8. The number of halogens is 3. The molecule has 0 saturated carbocycles. The van der Waals surface area contributed by atoms with Crippen LogP contribution in [0, 0.1) is 5.82 Å². The second-order valence-electron chi connectivity index (χ2n) is 6.78. The van der Waals surface area contributed by atoms with E-state index in [1.165, 1.54) is 12.1 Å². The van der Waals surface area contributed by atoms with Crippen molar-refractivity contribution in [2.24, 2.45) is 0 Å². The molecular formula is C21H22Cl2FN5O4. The molecule has 12 heteroatoms. The highest BCUT2D eigenvalue weighted by molar-refractivity contribution is 6.31. The molecule has 0 unspecified atom stereocenters. The average Bonchev–Trinajstić information content (AvgIpc) is 3.21. The number of rotatable bonds is 11. The Morgan fingerprint density at radius 2 is 1.85 bits per heavy atom. The van der Waals surface area contributed by atoms with E-state index in [1.807, 2.05) is 6.92 Å². The van der Waals surface area contributed by atoms with Crippen LogP contribution < -0.4 is 25.8 Å². The van der Waals surface area contributed by atoms with Gasteiger partial charge in [0.15, 0.2) is 11.5 Å². The lowest BCUT2D eigenvalue weighted by molar-refractivity contribution is 0.0944. The van der Waals surface area contributed by atoms with Crippen molar-refractivity contribution in [2.75, 3.05) is 25.4 Å². The standard InChI is InChI=1S/C21H22Cl2FN5O4/c1-2-31-17-7-13(10-26-5-6-27-21(30)19-20(25)29-33-28-19)16(23)9-18(17)32-11-12-3-4-14(24)8-15(12)22/h3-4,7-9,26H,2,5-6,10-11H2,1H3,(H2,25,29)(H,27,30). The summed E-state index contributed by atoms with van der Waals surface area (Å²) in [6, 6.07) is 7.54. The third-order valence-electron chi connectivity index (χ3n) is 4.44. The van der Waals surface area contributed by atoms with Gasteiger partial charge in [0.1, 0.15) is 12.4 Å². The van der Waals surface area contributed by atoms with E-state index in [2.05, 4.69) is 25.6 Å². The highest BCUT2D eigenvalue weighted by Crippen LogP contribution is 2.34. The van der Waals surface area contributed by atoms with Crippen LogP contribution in [0.1, 0.15) is 28.5 Å². The number of carbonyl (C=O) groups excluding carboxylic acids is 1. The number of anilines is 1. The molecule has 0 radical (unpaired) electrons. The molecule has 1 amide bonds. The number of nitrogen functional groups attached to an aromatic ring is 1. The first kappa shape index (κ1) is 24.6. The quantitative estimate of drug-likeness (QED) is 0.343. The van der Waals surface area contributed by atoms with Gasteiger partial charge in [-0.2, -0.15) is 0 Å². The first-order chi connectivity index (χ1) is 15.9. The van der Waals surface area contributed by atoms with Crippen molar-refractivity contribution in [3.05, 3.63) is 63.0 Å². The topological polar surface area (TPSA) is 125 Å². The van der Waals surface area contributed by atoms with Crippen molar-refractivity contribution < 1.29 is 23.3 Å². The van der Waals surface area contributed by atoms with Gasteiger partial charge in [0.25, 0.3) is 5.91 Å². The van der Waals surface area contributed by atoms with Crippen molar-refractivity contribution in [1.82, 2.24) is 20.9 Å². The Bertz CT molecular complexity index is 1110. The summed E-state index contributed by atoms with van der Waals surface area (Å²) in [5.74, 6) is -0.0107. The summed E-state index contributed by atoms with van der Waals surface area (Å²) in [6.07, 6.45) is 0. The van der Waals surface area contributed by atoms with Gasteiger partial charge in [-0.3, -0.25) is 4.79 Å². The van der Waals surface area contributed by atoms with E-state index in [0.717, 1.165) is 5.56 Å². The van der Waals surface area contributed by atoms with Crippen LogP contribution in [0.5, 0.6) is 11.5 Å².